The molecule has 1 amide bonds. The lowest BCUT2D eigenvalue weighted by Gasteiger charge is -2.31. The third-order valence-electron chi connectivity index (χ3n) is 6.64. The largest absolute Gasteiger partial charge is 0.474 e. The van der Waals surface area contributed by atoms with Crippen molar-refractivity contribution in [2.75, 3.05) is 13.1 Å². The molecule has 4 aromatic heterocycles. The summed E-state index contributed by atoms with van der Waals surface area (Å²) in [6.45, 7) is 3.33. The number of piperidine rings is 1. The number of fused-ring (bicyclic) bond motifs is 3. The average Bonchev–Trinajstić information content (AvgIpc) is 3.57. The van der Waals surface area contributed by atoms with Gasteiger partial charge in [-0.05, 0) is 12.1 Å². The van der Waals surface area contributed by atoms with Crippen LogP contribution >= 0.6 is 0 Å². The first-order chi connectivity index (χ1) is 17.2. The number of amides is 1. The maximum Gasteiger partial charge on any atom is 0.226 e. The molecule has 1 aliphatic heterocycles. The van der Waals surface area contributed by atoms with E-state index in [0.717, 1.165) is 46.3 Å². The molecule has 0 radical (unpaired) electrons. The molecule has 0 atom stereocenters. The molecule has 1 saturated heterocycles. The van der Waals surface area contributed by atoms with Crippen molar-refractivity contribution < 1.29 is 9.53 Å². The molecule has 1 fully saturated rings. The molecule has 8 nitrogen and oxygen atoms in total. The van der Waals surface area contributed by atoms with Gasteiger partial charge in [0.05, 0.1) is 17.3 Å². The summed E-state index contributed by atoms with van der Waals surface area (Å²) in [6.07, 6.45) is 7.70. The normalized spacial score (nSPS) is 14.6. The Hall–Kier alpha value is -4.20. The highest BCUT2D eigenvalue weighted by atomic mass is 16.5. The second kappa shape index (κ2) is 8.87. The van der Waals surface area contributed by atoms with Crippen LogP contribution in [0.25, 0.3) is 39.1 Å². The summed E-state index contributed by atoms with van der Waals surface area (Å²) < 4.78 is 8.22. The van der Waals surface area contributed by atoms with Crippen LogP contribution in [0.2, 0.25) is 0 Å². The van der Waals surface area contributed by atoms with Gasteiger partial charge in [0.25, 0.3) is 0 Å². The highest BCUT2D eigenvalue weighted by molar-refractivity contribution is 5.88. The molecule has 176 valence electrons. The minimum absolute atomic E-state index is 0.0159. The van der Waals surface area contributed by atoms with Crippen LogP contribution in [-0.2, 0) is 4.79 Å². The second-order valence-electron chi connectivity index (χ2n) is 8.80. The number of benzene rings is 1. The van der Waals surface area contributed by atoms with Crippen molar-refractivity contribution in [3.63, 3.8) is 0 Å². The number of H-pyrrole nitrogens is 1. The fraction of sp³-hybridized carbons (Fsp3) is 0.259. The maximum absolute atomic E-state index is 12.0. The lowest BCUT2D eigenvalue weighted by atomic mass is 10.1. The van der Waals surface area contributed by atoms with Gasteiger partial charge in [0.2, 0.25) is 11.8 Å². The minimum Gasteiger partial charge on any atom is -0.474 e. The van der Waals surface area contributed by atoms with E-state index in [-0.39, 0.29) is 12.0 Å². The van der Waals surface area contributed by atoms with Crippen LogP contribution in [0.4, 0.5) is 0 Å². The third-order valence-corrected chi connectivity index (χ3v) is 6.64. The molecule has 5 aromatic rings. The number of hydrogen-bond donors (Lipinski definition) is 1. The molecule has 35 heavy (non-hydrogen) atoms. The van der Waals surface area contributed by atoms with Gasteiger partial charge in [-0.25, -0.2) is 0 Å². The van der Waals surface area contributed by atoms with E-state index in [1.165, 1.54) is 0 Å². The highest BCUT2D eigenvalue weighted by Gasteiger charge is 2.25. The average molecular weight is 467 g/mol. The quantitative estimate of drug-likeness (QED) is 0.405. The monoisotopic (exact) mass is 466 g/mol. The van der Waals surface area contributed by atoms with E-state index in [2.05, 4.69) is 15.1 Å². The molecule has 1 aliphatic rings. The number of aromatic amines is 1. The van der Waals surface area contributed by atoms with E-state index in [9.17, 15) is 4.79 Å². The van der Waals surface area contributed by atoms with Gasteiger partial charge in [-0.15, -0.1) is 0 Å². The minimum atomic E-state index is 0.0159. The third kappa shape index (κ3) is 3.90. The van der Waals surface area contributed by atoms with Crippen molar-refractivity contribution in [1.29, 1.82) is 0 Å². The predicted octanol–water partition coefficient (Wildman–Crippen LogP) is 4.72. The summed E-state index contributed by atoms with van der Waals surface area (Å²) in [6, 6.07) is 16.1. The van der Waals surface area contributed by atoms with Crippen molar-refractivity contribution >= 4 is 22.6 Å². The molecule has 0 bridgehead atoms. The van der Waals surface area contributed by atoms with Gasteiger partial charge in [-0.3, -0.25) is 9.78 Å². The number of nitrogens with one attached hydrogen (secondary N) is 1. The van der Waals surface area contributed by atoms with Crippen molar-refractivity contribution in [3.05, 3.63) is 67.1 Å². The molecule has 0 spiro atoms. The molecule has 1 N–H and O–H groups in total. The van der Waals surface area contributed by atoms with E-state index >= 15 is 0 Å². The molecule has 0 aliphatic carbocycles. The first-order valence-electron chi connectivity index (χ1n) is 12.0. The van der Waals surface area contributed by atoms with Crippen molar-refractivity contribution in [2.24, 2.45) is 0 Å². The SMILES string of the molecule is CCC(=O)N1CCC(Oc2nc3c(-c4ccc(-c5ccccc5)nc4)cnn3c3[nH]ccc23)CC1. The van der Waals surface area contributed by atoms with Gasteiger partial charge in [0.1, 0.15) is 11.8 Å². The van der Waals surface area contributed by atoms with Gasteiger partial charge < -0.3 is 14.6 Å². The number of rotatable bonds is 5. The van der Waals surface area contributed by atoms with E-state index in [1.807, 2.05) is 83.5 Å². The number of nitrogens with zero attached hydrogens (tertiary/aromatic N) is 5. The van der Waals surface area contributed by atoms with Crippen LogP contribution in [0.5, 0.6) is 5.88 Å². The van der Waals surface area contributed by atoms with E-state index in [1.54, 1.807) is 0 Å². The summed E-state index contributed by atoms with van der Waals surface area (Å²) in [5.74, 6) is 0.788. The molecular formula is C27H26N6O2. The van der Waals surface area contributed by atoms with Crippen LogP contribution in [-0.4, -0.2) is 54.6 Å². The van der Waals surface area contributed by atoms with Crippen molar-refractivity contribution in [2.45, 2.75) is 32.3 Å². The van der Waals surface area contributed by atoms with Crippen molar-refractivity contribution in [1.82, 2.24) is 29.5 Å². The van der Waals surface area contributed by atoms with E-state index in [4.69, 9.17) is 9.72 Å². The summed E-state index contributed by atoms with van der Waals surface area (Å²) in [5.41, 5.74) is 5.37. The fourth-order valence-corrected chi connectivity index (χ4v) is 4.71. The number of hydrogen-bond acceptors (Lipinski definition) is 5. The summed E-state index contributed by atoms with van der Waals surface area (Å²) in [5, 5.41) is 5.48. The first kappa shape index (κ1) is 21.3. The number of ether oxygens (including phenoxy) is 1. The van der Waals surface area contributed by atoms with Crippen LogP contribution < -0.4 is 4.74 Å². The predicted molar refractivity (Wildman–Crippen MR) is 134 cm³/mol. The van der Waals surface area contributed by atoms with Gasteiger partial charge >= 0.3 is 0 Å². The van der Waals surface area contributed by atoms with Crippen LogP contribution in [0.1, 0.15) is 26.2 Å². The smallest absolute Gasteiger partial charge is 0.226 e. The summed E-state index contributed by atoms with van der Waals surface area (Å²) in [4.78, 5) is 26.8. The molecule has 0 unspecified atom stereocenters. The van der Waals surface area contributed by atoms with Gasteiger partial charge in [0, 0.05) is 61.4 Å². The molecule has 8 heteroatoms. The zero-order chi connectivity index (χ0) is 23.8. The Balaban J connectivity index is 1.32. The molecule has 5 heterocycles. The Labute approximate surface area is 202 Å². The van der Waals surface area contributed by atoms with E-state index in [0.29, 0.717) is 31.0 Å². The van der Waals surface area contributed by atoms with E-state index < -0.39 is 0 Å². The number of carbonyl (C=O) groups is 1. The van der Waals surface area contributed by atoms with Crippen LogP contribution in [0.3, 0.4) is 0 Å². The number of aromatic nitrogens is 5. The van der Waals surface area contributed by atoms with Gasteiger partial charge in [-0.1, -0.05) is 43.3 Å². The molecule has 6 rings (SSSR count). The van der Waals surface area contributed by atoms with Gasteiger partial charge in [-0.2, -0.15) is 14.6 Å². The lowest BCUT2D eigenvalue weighted by Crippen LogP contribution is -2.41. The Kier molecular flexibility index (Phi) is 5.41. The molecule has 1 aromatic carbocycles. The summed E-state index contributed by atoms with van der Waals surface area (Å²) >= 11 is 0. The number of pyridine rings is 1. The standard InChI is InChI=1S/C27H26N6O2/c1-2-24(34)32-14-11-20(12-15-32)35-27-21-10-13-28-25(21)33-26(31-27)22(17-30-33)19-8-9-23(29-16-19)18-6-4-3-5-7-18/h3-10,13,16-17,20,28H,2,11-12,14-15H2,1H3. The lowest BCUT2D eigenvalue weighted by molar-refractivity contribution is -0.132. The number of carbonyl (C=O) groups excluding carboxylic acids is 1. The Morgan fingerprint density at radius 1 is 1.06 bits per heavy atom. The molecule has 0 saturated carbocycles. The van der Waals surface area contributed by atoms with Gasteiger partial charge in [0.15, 0.2) is 5.65 Å². The first-order valence-corrected chi connectivity index (χ1v) is 12.0. The topological polar surface area (TPSA) is 88.4 Å². The highest BCUT2D eigenvalue weighted by Crippen LogP contribution is 2.32. The number of likely N-dealkylation sites (tertiary alicyclic amines) is 1. The maximum atomic E-state index is 12.0. The van der Waals surface area contributed by atoms with Crippen LogP contribution in [0, 0.1) is 0 Å². The fourth-order valence-electron chi connectivity index (χ4n) is 4.71. The summed E-state index contributed by atoms with van der Waals surface area (Å²) in [7, 11) is 0. The molecular weight excluding hydrogens is 440 g/mol. The van der Waals surface area contributed by atoms with Crippen molar-refractivity contribution in [3.8, 4) is 28.3 Å². The Morgan fingerprint density at radius 3 is 2.63 bits per heavy atom. The van der Waals surface area contributed by atoms with Crippen LogP contribution in [0.15, 0.2) is 67.1 Å². The zero-order valence-corrected chi connectivity index (χ0v) is 19.5. The Bertz CT molecular complexity index is 1480. The Morgan fingerprint density at radius 2 is 1.89 bits per heavy atom. The zero-order valence-electron chi connectivity index (χ0n) is 19.5. The second-order valence-corrected chi connectivity index (χ2v) is 8.80.